The van der Waals surface area contributed by atoms with Gasteiger partial charge in [-0.3, -0.25) is 9.78 Å². The Morgan fingerprint density at radius 1 is 1.37 bits per heavy atom. The first kappa shape index (κ1) is 12.0. The fraction of sp³-hybridized carbons (Fsp3) is 0.333. The number of anilines is 2. The van der Waals surface area contributed by atoms with E-state index in [1.54, 1.807) is 12.3 Å². The lowest BCUT2D eigenvalue weighted by Gasteiger charge is -2.24. The van der Waals surface area contributed by atoms with Gasteiger partial charge in [0.2, 0.25) is 5.91 Å². The lowest BCUT2D eigenvalue weighted by molar-refractivity contribution is -0.117. The molecule has 0 atom stereocenters. The summed E-state index contributed by atoms with van der Waals surface area (Å²) in [5, 5.41) is 3.87. The number of carbonyl (C=O) groups is 1. The van der Waals surface area contributed by atoms with Gasteiger partial charge in [-0.2, -0.15) is 0 Å². The van der Waals surface area contributed by atoms with Crippen LogP contribution in [-0.4, -0.2) is 10.9 Å². The Hall–Kier alpha value is -2.10. The van der Waals surface area contributed by atoms with E-state index in [1.807, 2.05) is 18.2 Å². The third-order valence-electron chi connectivity index (χ3n) is 3.77. The molecule has 1 amide bonds. The van der Waals surface area contributed by atoms with Gasteiger partial charge >= 0.3 is 0 Å². The van der Waals surface area contributed by atoms with E-state index < -0.39 is 0 Å². The van der Waals surface area contributed by atoms with Gasteiger partial charge in [-0.15, -0.1) is 0 Å². The van der Waals surface area contributed by atoms with Gasteiger partial charge in [-0.25, -0.2) is 0 Å². The van der Waals surface area contributed by atoms with E-state index >= 15 is 0 Å². The number of hydrogen-bond donors (Lipinski definition) is 2. The summed E-state index contributed by atoms with van der Waals surface area (Å²) in [5.74, 6) is 0.651. The molecular formula is C15H17N3O. The summed E-state index contributed by atoms with van der Waals surface area (Å²) in [6, 6.07) is 7.41. The van der Waals surface area contributed by atoms with Crippen LogP contribution in [0.1, 0.15) is 25.7 Å². The van der Waals surface area contributed by atoms with Crippen LogP contribution in [-0.2, 0) is 4.79 Å². The molecule has 3 rings (SSSR count). The molecule has 3 N–H and O–H groups in total. The van der Waals surface area contributed by atoms with Crippen molar-refractivity contribution < 1.29 is 4.79 Å². The molecule has 1 aliphatic rings. The van der Waals surface area contributed by atoms with Gasteiger partial charge in [0, 0.05) is 18.0 Å². The van der Waals surface area contributed by atoms with Crippen LogP contribution in [0.3, 0.4) is 0 Å². The van der Waals surface area contributed by atoms with Crippen LogP contribution >= 0.6 is 0 Å². The van der Waals surface area contributed by atoms with E-state index in [2.05, 4.69) is 10.3 Å². The summed E-state index contributed by atoms with van der Waals surface area (Å²) in [5.41, 5.74) is 8.06. The minimum Gasteiger partial charge on any atom is -0.397 e. The van der Waals surface area contributed by atoms with Crippen molar-refractivity contribution in [3.05, 3.63) is 30.5 Å². The molecule has 0 unspecified atom stereocenters. The number of amides is 1. The standard InChI is InChI=1S/C15H17N3O/c16-12-6-7-13(11-5-2-8-17-15(11)12)18-14(19)9-10-3-1-4-10/h2,5-8,10H,1,3-4,9,16H2,(H,18,19). The first-order valence-electron chi connectivity index (χ1n) is 6.67. The highest BCUT2D eigenvalue weighted by molar-refractivity contribution is 6.04. The van der Waals surface area contributed by atoms with Gasteiger partial charge in [-0.05, 0) is 43.0 Å². The summed E-state index contributed by atoms with van der Waals surface area (Å²) in [6.07, 6.45) is 5.94. The average molecular weight is 255 g/mol. The molecule has 0 saturated heterocycles. The number of hydrogen-bond acceptors (Lipinski definition) is 3. The molecule has 1 aromatic carbocycles. The molecule has 1 saturated carbocycles. The predicted octanol–water partition coefficient (Wildman–Crippen LogP) is 2.95. The number of fused-ring (bicyclic) bond motifs is 1. The second-order valence-corrected chi connectivity index (χ2v) is 5.15. The van der Waals surface area contributed by atoms with Crippen molar-refractivity contribution in [1.29, 1.82) is 0 Å². The fourth-order valence-electron chi connectivity index (χ4n) is 2.46. The minimum atomic E-state index is 0.0830. The zero-order chi connectivity index (χ0) is 13.2. The maximum atomic E-state index is 12.0. The van der Waals surface area contributed by atoms with Gasteiger partial charge in [-0.1, -0.05) is 6.42 Å². The molecule has 1 heterocycles. The van der Waals surface area contributed by atoms with E-state index in [0.29, 0.717) is 18.0 Å². The number of benzene rings is 1. The Labute approximate surface area is 112 Å². The van der Waals surface area contributed by atoms with Crippen molar-refractivity contribution in [2.75, 3.05) is 11.1 Å². The van der Waals surface area contributed by atoms with E-state index in [4.69, 9.17) is 5.73 Å². The number of nitrogens with zero attached hydrogens (tertiary/aromatic N) is 1. The molecule has 98 valence electrons. The highest BCUT2D eigenvalue weighted by atomic mass is 16.1. The summed E-state index contributed by atoms with van der Waals surface area (Å²) in [7, 11) is 0. The number of carbonyl (C=O) groups excluding carboxylic acids is 1. The summed E-state index contributed by atoms with van der Waals surface area (Å²) in [6.45, 7) is 0. The third kappa shape index (κ3) is 2.38. The van der Waals surface area contributed by atoms with Crippen LogP contribution in [0.2, 0.25) is 0 Å². The van der Waals surface area contributed by atoms with E-state index in [1.165, 1.54) is 19.3 Å². The second-order valence-electron chi connectivity index (χ2n) is 5.15. The SMILES string of the molecule is Nc1ccc(NC(=O)CC2CCC2)c2cccnc12. The molecule has 1 aromatic heterocycles. The number of nitrogens with two attached hydrogens (primary N) is 1. The molecule has 1 aliphatic carbocycles. The third-order valence-corrected chi connectivity index (χ3v) is 3.77. The molecule has 2 aromatic rings. The first-order chi connectivity index (χ1) is 9.24. The topological polar surface area (TPSA) is 68.0 Å². The zero-order valence-electron chi connectivity index (χ0n) is 10.7. The maximum Gasteiger partial charge on any atom is 0.224 e. The van der Waals surface area contributed by atoms with Crippen molar-refractivity contribution in [1.82, 2.24) is 4.98 Å². The minimum absolute atomic E-state index is 0.0830. The van der Waals surface area contributed by atoms with Crippen molar-refractivity contribution in [2.45, 2.75) is 25.7 Å². The summed E-state index contributed by atoms with van der Waals surface area (Å²) >= 11 is 0. The van der Waals surface area contributed by atoms with Gasteiger partial charge in [0.25, 0.3) is 0 Å². The summed E-state index contributed by atoms with van der Waals surface area (Å²) < 4.78 is 0. The van der Waals surface area contributed by atoms with Crippen LogP contribution < -0.4 is 11.1 Å². The van der Waals surface area contributed by atoms with Gasteiger partial charge in [0.15, 0.2) is 0 Å². The number of aromatic nitrogens is 1. The predicted molar refractivity (Wildman–Crippen MR) is 76.7 cm³/mol. The molecule has 0 radical (unpaired) electrons. The number of nitrogen functional groups attached to an aromatic ring is 1. The highest BCUT2D eigenvalue weighted by Crippen LogP contribution is 2.31. The van der Waals surface area contributed by atoms with Gasteiger partial charge in [0.1, 0.15) is 0 Å². The molecule has 0 spiro atoms. The number of nitrogens with one attached hydrogen (secondary N) is 1. The van der Waals surface area contributed by atoms with E-state index in [9.17, 15) is 4.79 Å². The lowest BCUT2D eigenvalue weighted by atomic mass is 9.83. The van der Waals surface area contributed by atoms with Gasteiger partial charge in [0.05, 0.1) is 16.9 Å². The van der Waals surface area contributed by atoms with E-state index in [-0.39, 0.29) is 5.91 Å². The first-order valence-corrected chi connectivity index (χ1v) is 6.67. The summed E-state index contributed by atoms with van der Waals surface area (Å²) in [4.78, 5) is 16.2. The Bertz CT molecular complexity index is 620. The Morgan fingerprint density at radius 3 is 2.95 bits per heavy atom. The van der Waals surface area contributed by atoms with Crippen LogP contribution in [0, 0.1) is 5.92 Å². The zero-order valence-corrected chi connectivity index (χ0v) is 10.7. The molecule has 4 heteroatoms. The largest absolute Gasteiger partial charge is 0.397 e. The molecule has 4 nitrogen and oxygen atoms in total. The Kier molecular flexibility index (Phi) is 3.07. The number of rotatable bonds is 3. The second kappa shape index (κ2) is 4.88. The van der Waals surface area contributed by atoms with Crippen LogP contribution in [0.5, 0.6) is 0 Å². The van der Waals surface area contributed by atoms with E-state index in [0.717, 1.165) is 16.6 Å². The Morgan fingerprint density at radius 2 is 2.21 bits per heavy atom. The van der Waals surface area contributed by atoms with Crippen molar-refractivity contribution in [3.8, 4) is 0 Å². The lowest BCUT2D eigenvalue weighted by Crippen LogP contribution is -2.21. The molecule has 0 bridgehead atoms. The van der Waals surface area contributed by atoms with Crippen LogP contribution in [0.25, 0.3) is 10.9 Å². The normalized spacial score (nSPS) is 15.2. The van der Waals surface area contributed by atoms with Crippen molar-refractivity contribution in [3.63, 3.8) is 0 Å². The number of pyridine rings is 1. The quantitative estimate of drug-likeness (QED) is 0.828. The highest BCUT2D eigenvalue weighted by Gasteiger charge is 2.20. The smallest absolute Gasteiger partial charge is 0.224 e. The maximum absolute atomic E-state index is 12.0. The molecular weight excluding hydrogens is 238 g/mol. The molecule has 1 fully saturated rings. The van der Waals surface area contributed by atoms with Crippen LogP contribution in [0.15, 0.2) is 30.5 Å². The monoisotopic (exact) mass is 255 g/mol. The fourth-order valence-corrected chi connectivity index (χ4v) is 2.46. The van der Waals surface area contributed by atoms with Crippen molar-refractivity contribution in [2.24, 2.45) is 5.92 Å². The van der Waals surface area contributed by atoms with Gasteiger partial charge < -0.3 is 11.1 Å². The van der Waals surface area contributed by atoms with Crippen molar-refractivity contribution >= 4 is 28.2 Å². The molecule has 0 aliphatic heterocycles. The average Bonchev–Trinajstić information content (AvgIpc) is 2.38. The molecule has 19 heavy (non-hydrogen) atoms. The van der Waals surface area contributed by atoms with Crippen LogP contribution in [0.4, 0.5) is 11.4 Å². The Balaban J connectivity index is 1.84.